The molecule has 0 atom stereocenters. The maximum atomic E-state index is 11.4. The molecule has 1 rings (SSSR count). The Kier molecular flexibility index (Phi) is 7.21. The van der Waals surface area contributed by atoms with E-state index in [4.69, 9.17) is 11.6 Å². The fraction of sp³-hybridized carbons (Fsp3) is 0.400. The highest BCUT2D eigenvalue weighted by Crippen LogP contribution is 2.18. The number of carbonyl (C=O) groups is 1. The van der Waals surface area contributed by atoms with Crippen LogP contribution in [0.3, 0.4) is 0 Å². The van der Waals surface area contributed by atoms with E-state index in [9.17, 15) is 9.90 Å². The Hall–Kier alpha value is -1.50. The number of ether oxygens (including phenoxy) is 1. The molecule has 0 aromatic heterocycles. The molecule has 0 unspecified atom stereocenters. The summed E-state index contributed by atoms with van der Waals surface area (Å²) in [6, 6.07) is 4.78. The van der Waals surface area contributed by atoms with E-state index in [-0.39, 0.29) is 5.56 Å². The Labute approximate surface area is 119 Å². The van der Waals surface area contributed by atoms with Crippen molar-refractivity contribution in [2.24, 2.45) is 0 Å². The molecule has 0 fully saturated rings. The molecule has 0 aliphatic rings. The van der Waals surface area contributed by atoms with E-state index in [0.29, 0.717) is 10.6 Å². The van der Waals surface area contributed by atoms with Gasteiger partial charge >= 0.3 is 5.97 Å². The predicted molar refractivity (Wildman–Crippen MR) is 77.3 cm³/mol. The standard InChI is InChI=1S/C13H13ClO3.C2H6/c1-13(2,16)7-6-9-4-5-11(14)10(8-9)12(15)17-3;1-2/h4-5,8,16H,1-3H3;1-2H3. The molecule has 0 heterocycles. The largest absolute Gasteiger partial charge is 0.465 e. The normalized spacial score (nSPS) is 9.63. The Bertz CT molecular complexity index is 490. The number of aliphatic hydroxyl groups is 1. The van der Waals surface area contributed by atoms with Gasteiger partial charge in [-0.2, -0.15) is 0 Å². The third-order valence-corrected chi connectivity index (χ3v) is 2.21. The van der Waals surface area contributed by atoms with Gasteiger partial charge in [0.2, 0.25) is 0 Å². The number of esters is 1. The van der Waals surface area contributed by atoms with Crippen LogP contribution in [0.4, 0.5) is 0 Å². The van der Waals surface area contributed by atoms with Gasteiger partial charge in [0.1, 0.15) is 5.60 Å². The second-order valence-electron chi connectivity index (χ2n) is 4.00. The maximum absolute atomic E-state index is 11.4. The van der Waals surface area contributed by atoms with Crippen molar-refractivity contribution in [2.45, 2.75) is 33.3 Å². The Balaban J connectivity index is 0.00000154. The lowest BCUT2D eigenvalue weighted by molar-refractivity contribution is 0.0601. The minimum Gasteiger partial charge on any atom is -0.465 e. The first-order valence-electron chi connectivity index (χ1n) is 5.97. The van der Waals surface area contributed by atoms with E-state index >= 15 is 0 Å². The molecule has 0 saturated carbocycles. The van der Waals surface area contributed by atoms with Crippen LogP contribution in [0, 0.1) is 11.8 Å². The zero-order chi connectivity index (χ0) is 15.1. The smallest absolute Gasteiger partial charge is 0.339 e. The third-order valence-electron chi connectivity index (χ3n) is 1.88. The molecule has 1 N–H and O–H groups in total. The summed E-state index contributed by atoms with van der Waals surface area (Å²) >= 11 is 5.86. The molecular formula is C15H19ClO3. The van der Waals surface area contributed by atoms with Crippen LogP contribution in [0.1, 0.15) is 43.6 Å². The average Bonchev–Trinajstić information content (AvgIpc) is 2.38. The molecule has 0 bridgehead atoms. The van der Waals surface area contributed by atoms with Crippen LogP contribution in [0.2, 0.25) is 5.02 Å². The lowest BCUT2D eigenvalue weighted by Crippen LogP contribution is -2.14. The van der Waals surface area contributed by atoms with Gasteiger partial charge in [-0.15, -0.1) is 0 Å². The van der Waals surface area contributed by atoms with Crippen LogP contribution >= 0.6 is 11.6 Å². The molecule has 3 nitrogen and oxygen atoms in total. The van der Waals surface area contributed by atoms with E-state index < -0.39 is 11.6 Å². The second-order valence-corrected chi connectivity index (χ2v) is 4.40. The molecular weight excluding hydrogens is 264 g/mol. The summed E-state index contributed by atoms with van der Waals surface area (Å²) in [6.45, 7) is 7.16. The number of hydrogen-bond donors (Lipinski definition) is 1. The molecule has 0 aliphatic carbocycles. The summed E-state index contributed by atoms with van der Waals surface area (Å²) in [5, 5.41) is 9.78. The van der Waals surface area contributed by atoms with Gasteiger partial charge in [0, 0.05) is 5.56 Å². The molecule has 0 saturated heterocycles. The lowest BCUT2D eigenvalue weighted by Gasteiger charge is -2.06. The van der Waals surface area contributed by atoms with Gasteiger partial charge in [0.15, 0.2) is 0 Å². The Morgan fingerprint density at radius 3 is 2.42 bits per heavy atom. The average molecular weight is 283 g/mol. The minimum absolute atomic E-state index is 0.261. The third kappa shape index (κ3) is 6.28. The fourth-order valence-corrected chi connectivity index (χ4v) is 1.29. The van der Waals surface area contributed by atoms with Crippen molar-refractivity contribution in [3.05, 3.63) is 34.3 Å². The summed E-state index contributed by atoms with van der Waals surface area (Å²) in [6.07, 6.45) is 0. The van der Waals surface area contributed by atoms with Crippen molar-refractivity contribution in [3.63, 3.8) is 0 Å². The number of hydrogen-bond acceptors (Lipinski definition) is 3. The summed E-state index contributed by atoms with van der Waals surface area (Å²) in [4.78, 5) is 11.4. The zero-order valence-electron chi connectivity index (χ0n) is 11.9. The molecule has 19 heavy (non-hydrogen) atoms. The summed E-state index contributed by atoms with van der Waals surface area (Å²) in [5.74, 6) is 4.90. The molecule has 1 aromatic carbocycles. The first-order chi connectivity index (χ1) is 8.83. The summed E-state index contributed by atoms with van der Waals surface area (Å²) < 4.78 is 4.60. The van der Waals surface area contributed by atoms with Crippen molar-refractivity contribution < 1.29 is 14.6 Å². The second kappa shape index (κ2) is 7.83. The zero-order valence-corrected chi connectivity index (χ0v) is 12.6. The fourth-order valence-electron chi connectivity index (χ4n) is 1.09. The SMILES string of the molecule is CC.COC(=O)c1cc(C#CC(C)(C)O)ccc1Cl. The number of halogens is 1. The molecule has 0 aliphatic heterocycles. The van der Waals surface area contributed by atoms with Gasteiger partial charge in [-0.1, -0.05) is 37.3 Å². The van der Waals surface area contributed by atoms with E-state index in [1.165, 1.54) is 13.2 Å². The predicted octanol–water partition coefficient (Wildman–Crippen LogP) is 3.28. The van der Waals surface area contributed by atoms with Crippen LogP contribution in [-0.2, 0) is 4.74 Å². The van der Waals surface area contributed by atoms with Gasteiger partial charge in [0.05, 0.1) is 17.7 Å². The first-order valence-corrected chi connectivity index (χ1v) is 6.35. The summed E-state index contributed by atoms with van der Waals surface area (Å²) in [5.41, 5.74) is -0.223. The topological polar surface area (TPSA) is 46.5 Å². The van der Waals surface area contributed by atoms with Crippen LogP contribution in [0.25, 0.3) is 0 Å². The van der Waals surface area contributed by atoms with Gasteiger partial charge in [0.25, 0.3) is 0 Å². The first kappa shape index (κ1) is 17.5. The summed E-state index contributed by atoms with van der Waals surface area (Å²) in [7, 11) is 1.29. The molecule has 0 spiro atoms. The molecule has 104 valence electrons. The maximum Gasteiger partial charge on any atom is 0.339 e. The van der Waals surface area contributed by atoms with Crippen molar-refractivity contribution in [1.29, 1.82) is 0 Å². The quantitative estimate of drug-likeness (QED) is 0.635. The van der Waals surface area contributed by atoms with Gasteiger partial charge in [-0.25, -0.2) is 4.79 Å². The van der Waals surface area contributed by atoms with Crippen LogP contribution in [0.15, 0.2) is 18.2 Å². The molecule has 1 aromatic rings. The minimum atomic E-state index is -1.08. The van der Waals surface area contributed by atoms with Crippen LogP contribution in [0.5, 0.6) is 0 Å². The van der Waals surface area contributed by atoms with Crippen LogP contribution in [-0.4, -0.2) is 23.8 Å². The number of benzene rings is 1. The Morgan fingerprint density at radius 2 is 1.95 bits per heavy atom. The van der Waals surface area contributed by atoms with E-state index in [2.05, 4.69) is 16.6 Å². The molecule has 0 amide bonds. The molecule has 4 heteroatoms. The van der Waals surface area contributed by atoms with E-state index in [1.807, 2.05) is 13.8 Å². The number of methoxy groups -OCH3 is 1. The van der Waals surface area contributed by atoms with E-state index in [1.54, 1.807) is 26.0 Å². The van der Waals surface area contributed by atoms with Gasteiger partial charge in [-0.05, 0) is 32.0 Å². The number of rotatable bonds is 1. The van der Waals surface area contributed by atoms with Crippen molar-refractivity contribution in [3.8, 4) is 11.8 Å². The molecule has 0 radical (unpaired) electrons. The van der Waals surface area contributed by atoms with Crippen LogP contribution < -0.4 is 0 Å². The highest BCUT2D eigenvalue weighted by molar-refractivity contribution is 6.33. The van der Waals surface area contributed by atoms with Crippen molar-refractivity contribution in [1.82, 2.24) is 0 Å². The van der Waals surface area contributed by atoms with Crippen molar-refractivity contribution in [2.75, 3.05) is 7.11 Å². The highest BCUT2D eigenvalue weighted by Gasteiger charge is 2.11. The highest BCUT2D eigenvalue weighted by atomic mass is 35.5. The monoisotopic (exact) mass is 282 g/mol. The van der Waals surface area contributed by atoms with Gasteiger partial charge < -0.3 is 9.84 Å². The van der Waals surface area contributed by atoms with E-state index in [0.717, 1.165) is 0 Å². The Morgan fingerprint density at radius 1 is 1.37 bits per heavy atom. The lowest BCUT2D eigenvalue weighted by atomic mass is 10.1. The number of carbonyl (C=O) groups excluding carboxylic acids is 1. The van der Waals surface area contributed by atoms with Crippen molar-refractivity contribution >= 4 is 17.6 Å². The van der Waals surface area contributed by atoms with Gasteiger partial charge in [-0.3, -0.25) is 0 Å².